The zero-order chi connectivity index (χ0) is 13.1. The summed E-state index contributed by atoms with van der Waals surface area (Å²) in [5, 5.41) is 2.98. The number of carbonyl (C=O) groups is 1. The number of nitrogens with one attached hydrogen (secondary N) is 1. The van der Waals surface area contributed by atoms with E-state index in [0.29, 0.717) is 25.5 Å². The van der Waals surface area contributed by atoms with Crippen LogP contribution in [0.5, 0.6) is 5.88 Å². The summed E-state index contributed by atoms with van der Waals surface area (Å²) in [4.78, 5) is 20.7. The third-order valence-electron chi connectivity index (χ3n) is 2.88. The van der Waals surface area contributed by atoms with Crippen LogP contribution >= 0.6 is 0 Å². The Bertz CT molecular complexity index is 455. The van der Waals surface area contributed by atoms with Gasteiger partial charge in [-0.15, -0.1) is 0 Å². The van der Waals surface area contributed by atoms with Crippen LogP contribution in [-0.2, 0) is 4.79 Å². The molecule has 2 heterocycles. The highest BCUT2D eigenvalue weighted by atomic mass is 19.1. The highest BCUT2D eigenvalue weighted by molar-refractivity contribution is 5.78. The molecule has 0 spiro atoms. The fourth-order valence-electron chi connectivity index (χ4n) is 1.91. The molecule has 1 aromatic rings. The molecule has 7 heteroatoms. The van der Waals surface area contributed by atoms with Crippen molar-refractivity contribution in [2.75, 3.05) is 32.6 Å². The quantitative estimate of drug-likeness (QED) is 0.848. The van der Waals surface area contributed by atoms with Crippen molar-refractivity contribution in [3.63, 3.8) is 0 Å². The first-order chi connectivity index (χ1) is 8.60. The Kier molecular flexibility index (Phi) is 3.59. The number of rotatable bonds is 4. The number of aromatic nitrogens is 2. The van der Waals surface area contributed by atoms with Crippen molar-refractivity contribution in [2.45, 2.75) is 6.42 Å². The first kappa shape index (κ1) is 12.5. The number of methoxy groups -OCH3 is 1. The van der Waals surface area contributed by atoms with Crippen LogP contribution in [0.15, 0.2) is 6.20 Å². The van der Waals surface area contributed by atoms with Crippen molar-refractivity contribution in [3.8, 4) is 5.88 Å². The molecule has 0 bridgehead atoms. The fraction of sp³-hybridized carbons (Fsp3) is 0.545. The first-order valence-electron chi connectivity index (χ1n) is 5.64. The third kappa shape index (κ3) is 2.66. The van der Waals surface area contributed by atoms with Crippen molar-refractivity contribution in [2.24, 2.45) is 5.92 Å². The van der Waals surface area contributed by atoms with E-state index in [2.05, 4.69) is 15.3 Å². The molecule has 1 aliphatic rings. The van der Waals surface area contributed by atoms with Gasteiger partial charge < -0.3 is 15.0 Å². The lowest BCUT2D eigenvalue weighted by Crippen LogP contribution is -2.21. The molecular formula is C11H15FN4O2. The smallest absolute Gasteiger partial charge is 0.255 e. The molecular weight excluding hydrogens is 239 g/mol. The van der Waals surface area contributed by atoms with E-state index < -0.39 is 5.82 Å². The summed E-state index contributed by atoms with van der Waals surface area (Å²) >= 11 is 0. The van der Waals surface area contributed by atoms with Crippen molar-refractivity contribution >= 4 is 11.9 Å². The topological polar surface area (TPSA) is 67.3 Å². The van der Waals surface area contributed by atoms with Crippen LogP contribution in [0.25, 0.3) is 0 Å². The average Bonchev–Trinajstić information content (AvgIpc) is 2.68. The first-order valence-corrected chi connectivity index (χ1v) is 5.64. The van der Waals surface area contributed by atoms with Gasteiger partial charge in [-0.3, -0.25) is 4.79 Å². The highest BCUT2D eigenvalue weighted by Crippen LogP contribution is 2.17. The Morgan fingerprint density at radius 2 is 2.44 bits per heavy atom. The lowest BCUT2D eigenvalue weighted by molar-refractivity contribution is -0.126. The minimum absolute atomic E-state index is 0.0906. The normalized spacial score (nSPS) is 19.2. The van der Waals surface area contributed by atoms with Crippen molar-refractivity contribution in [1.29, 1.82) is 0 Å². The maximum absolute atomic E-state index is 13.1. The second kappa shape index (κ2) is 5.16. The second-order valence-corrected chi connectivity index (χ2v) is 4.28. The molecule has 1 atom stereocenters. The van der Waals surface area contributed by atoms with Crippen LogP contribution in [0.4, 0.5) is 10.3 Å². The Labute approximate surface area is 104 Å². The number of halogens is 1. The molecule has 1 amide bonds. The van der Waals surface area contributed by atoms with E-state index in [1.165, 1.54) is 7.11 Å². The molecule has 0 aromatic carbocycles. The molecule has 0 radical (unpaired) electrons. The zero-order valence-electron chi connectivity index (χ0n) is 10.3. The van der Waals surface area contributed by atoms with E-state index in [4.69, 9.17) is 4.74 Å². The number of hydrogen-bond donors (Lipinski definition) is 1. The van der Waals surface area contributed by atoms with Crippen LogP contribution < -0.4 is 10.1 Å². The number of anilines is 1. The Balaban J connectivity index is 1.92. The highest BCUT2D eigenvalue weighted by Gasteiger charge is 2.26. The maximum Gasteiger partial charge on any atom is 0.255 e. The lowest BCUT2D eigenvalue weighted by Gasteiger charge is -2.11. The van der Waals surface area contributed by atoms with Gasteiger partial charge in [-0.2, -0.15) is 9.37 Å². The zero-order valence-corrected chi connectivity index (χ0v) is 10.3. The van der Waals surface area contributed by atoms with Crippen LogP contribution in [0.3, 0.4) is 0 Å². The van der Waals surface area contributed by atoms with Crippen LogP contribution in [-0.4, -0.2) is 48.0 Å². The van der Waals surface area contributed by atoms with Crippen LogP contribution in [0.1, 0.15) is 6.42 Å². The molecule has 0 aliphatic carbocycles. The number of amides is 1. The maximum atomic E-state index is 13.1. The average molecular weight is 254 g/mol. The summed E-state index contributed by atoms with van der Waals surface area (Å²) in [5.41, 5.74) is 0. The number of hydrogen-bond acceptors (Lipinski definition) is 5. The molecule has 1 saturated heterocycles. The van der Waals surface area contributed by atoms with Gasteiger partial charge in [-0.05, 0) is 0 Å². The van der Waals surface area contributed by atoms with Gasteiger partial charge in [-0.25, -0.2) is 4.98 Å². The van der Waals surface area contributed by atoms with Crippen LogP contribution in [0.2, 0.25) is 0 Å². The Morgan fingerprint density at radius 3 is 3.06 bits per heavy atom. The monoisotopic (exact) mass is 254 g/mol. The van der Waals surface area contributed by atoms with Crippen molar-refractivity contribution < 1.29 is 13.9 Å². The van der Waals surface area contributed by atoms with Gasteiger partial charge in [-0.1, -0.05) is 0 Å². The molecule has 0 saturated carbocycles. The van der Waals surface area contributed by atoms with E-state index in [-0.39, 0.29) is 17.7 Å². The molecule has 1 aliphatic heterocycles. The minimum atomic E-state index is -0.598. The van der Waals surface area contributed by atoms with E-state index in [9.17, 15) is 9.18 Å². The third-order valence-corrected chi connectivity index (χ3v) is 2.88. The predicted molar refractivity (Wildman–Crippen MR) is 62.8 cm³/mol. The molecule has 1 unspecified atom stereocenters. The number of ether oxygens (including phenoxy) is 1. The molecule has 2 rings (SSSR count). The molecule has 98 valence electrons. The summed E-state index contributed by atoms with van der Waals surface area (Å²) in [6, 6.07) is 0. The fourth-order valence-corrected chi connectivity index (χ4v) is 1.91. The van der Waals surface area contributed by atoms with Gasteiger partial charge in [0, 0.05) is 32.5 Å². The minimum Gasteiger partial charge on any atom is -0.479 e. The van der Waals surface area contributed by atoms with Gasteiger partial charge >= 0.3 is 0 Å². The molecule has 1 aromatic heterocycles. The largest absolute Gasteiger partial charge is 0.479 e. The van der Waals surface area contributed by atoms with Crippen molar-refractivity contribution in [1.82, 2.24) is 14.9 Å². The number of nitrogens with zero attached hydrogens (tertiary/aromatic N) is 3. The molecule has 1 N–H and O–H groups in total. The number of carbonyl (C=O) groups excluding carboxylic acids is 1. The summed E-state index contributed by atoms with van der Waals surface area (Å²) in [6.45, 7) is 1.29. The van der Waals surface area contributed by atoms with Gasteiger partial charge in [0.25, 0.3) is 5.88 Å². The lowest BCUT2D eigenvalue weighted by atomic mass is 10.1. The van der Waals surface area contributed by atoms with Gasteiger partial charge in [0.05, 0.1) is 13.3 Å². The summed E-state index contributed by atoms with van der Waals surface area (Å²) < 4.78 is 17.8. The van der Waals surface area contributed by atoms with Gasteiger partial charge in [0.2, 0.25) is 17.7 Å². The van der Waals surface area contributed by atoms with Crippen molar-refractivity contribution in [3.05, 3.63) is 12.0 Å². The van der Waals surface area contributed by atoms with Crippen LogP contribution in [0, 0.1) is 11.7 Å². The van der Waals surface area contributed by atoms with E-state index in [0.717, 1.165) is 6.20 Å². The Morgan fingerprint density at radius 1 is 1.67 bits per heavy atom. The Hall–Kier alpha value is -1.92. The standard InChI is InChI=1S/C11H15FN4O2/c1-16-6-7(3-9(16)17)4-13-11-14-5-8(12)10(15-11)18-2/h5,7H,3-4,6H2,1-2H3,(H,13,14,15). The summed E-state index contributed by atoms with van der Waals surface area (Å²) in [6.07, 6.45) is 1.57. The van der Waals surface area contributed by atoms with E-state index >= 15 is 0 Å². The molecule has 18 heavy (non-hydrogen) atoms. The number of likely N-dealkylation sites (tertiary alicyclic amines) is 1. The van der Waals surface area contributed by atoms with Gasteiger partial charge in [0.1, 0.15) is 0 Å². The van der Waals surface area contributed by atoms with Gasteiger partial charge in [0.15, 0.2) is 0 Å². The van der Waals surface area contributed by atoms with E-state index in [1.807, 2.05) is 0 Å². The summed E-state index contributed by atoms with van der Waals surface area (Å²) in [7, 11) is 3.12. The van der Waals surface area contributed by atoms with E-state index in [1.54, 1.807) is 11.9 Å². The molecule has 6 nitrogen and oxygen atoms in total. The SMILES string of the molecule is COc1nc(NCC2CC(=O)N(C)C2)ncc1F. The predicted octanol–water partition coefficient (Wildman–Crippen LogP) is 0.514. The summed E-state index contributed by atoms with van der Waals surface area (Å²) in [5.74, 6) is -0.0252. The molecule has 1 fully saturated rings. The second-order valence-electron chi connectivity index (χ2n) is 4.28.